The summed E-state index contributed by atoms with van der Waals surface area (Å²) < 4.78 is 13.6. The summed E-state index contributed by atoms with van der Waals surface area (Å²) in [6.07, 6.45) is 13.0. The van der Waals surface area contributed by atoms with Gasteiger partial charge >= 0.3 is 0 Å². The maximum atomic E-state index is 6.96. The molecule has 4 aliphatic rings. The number of rotatable bonds is 4. The van der Waals surface area contributed by atoms with E-state index in [0.29, 0.717) is 16.9 Å². The highest BCUT2D eigenvalue weighted by atomic mass is 28.4. The normalized spacial score (nSPS) is 49.3. The van der Waals surface area contributed by atoms with Crippen molar-refractivity contribution in [3.8, 4) is 0 Å². The SMILES string of the molecule is C[C@]12CC[C@@H](O[Si](C)(C)C)C[C@@H]1CC[C@@H]1[C@@H]2CC[C@@]2(C)[C@H]1CC[C@]2(C)O[Si](C)(C)C. The Hall–Kier alpha value is 0.354. The van der Waals surface area contributed by atoms with Crippen LogP contribution in [0.2, 0.25) is 39.3 Å². The molecule has 0 spiro atoms. The zero-order valence-electron chi connectivity index (χ0n) is 21.6. The molecule has 8 atom stereocenters. The smallest absolute Gasteiger partial charge is 0.184 e. The van der Waals surface area contributed by atoms with Crippen LogP contribution in [0.25, 0.3) is 0 Å². The fourth-order valence-corrected chi connectivity index (χ4v) is 11.8. The van der Waals surface area contributed by atoms with Gasteiger partial charge in [-0.3, -0.25) is 0 Å². The summed E-state index contributed by atoms with van der Waals surface area (Å²) in [5, 5.41) is 0. The van der Waals surface area contributed by atoms with E-state index in [0.717, 1.165) is 23.7 Å². The van der Waals surface area contributed by atoms with Crippen molar-refractivity contribution in [2.45, 2.75) is 130 Å². The molecule has 0 aromatic rings. The molecule has 4 heteroatoms. The van der Waals surface area contributed by atoms with Crippen LogP contribution in [0.4, 0.5) is 0 Å². The molecule has 0 aromatic carbocycles. The molecule has 4 aliphatic carbocycles. The summed E-state index contributed by atoms with van der Waals surface area (Å²) in [7, 11) is -2.98. The highest BCUT2D eigenvalue weighted by molar-refractivity contribution is 6.70. The van der Waals surface area contributed by atoms with Gasteiger partial charge in [0.1, 0.15) is 0 Å². The van der Waals surface area contributed by atoms with Crippen molar-refractivity contribution >= 4 is 16.6 Å². The van der Waals surface area contributed by atoms with Crippen LogP contribution in [-0.2, 0) is 8.85 Å². The Kier molecular flexibility index (Phi) is 5.82. The standard InChI is InChI=1S/C26H50O2Si2/c1-24-15-12-20(27-29(4,5)6)18-19(24)10-11-21-22(24)13-16-25(2)23(21)14-17-26(25,3)28-30(7,8)9/h19-23H,10-18H2,1-9H3/t19-,20+,21+,22-,23-,24-,25-,26-/m0/s1. The minimum absolute atomic E-state index is 0.105. The fourth-order valence-electron chi connectivity index (χ4n) is 8.89. The van der Waals surface area contributed by atoms with Crippen LogP contribution in [0.15, 0.2) is 0 Å². The van der Waals surface area contributed by atoms with Gasteiger partial charge in [0.25, 0.3) is 0 Å². The van der Waals surface area contributed by atoms with Crippen molar-refractivity contribution in [2.75, 3.05) is 0 Å². The van der Waals surface area contributed by atoms with E-state index in [1.807, 2.05) is 0 Å². The van der Waals surface area contributed by atoms with Crippen LogP contribution in [0.5, 0.6) is 0 Å². The van der Waals surface area contributed by atoms with E-state index in [-0.39, 0.29) is 5.60 Å². The van der Waals surface area contributed by atoms with E-state index in [1.165, 1.54) is 57.8 Å². The predicted molar refractivity (Wildman–Crippen MR) is 133 cm³/mol. The van der Waals surface area contributed by atoms with Gasteiger partial charge in [-0.15, -0.1) is 0 Å². The lowest BCUT2D eigenvalue weighted by molar-refractivity contribution is -0.148. The fraction of sp³-hybridized carbons (Fsp3) is 1.00. The molecule has 30 heavy (non-hydrogen) atoms. The van der Waals surface area contributed by atoms with Crippen LogP contribution in [-0.4, -0.2) is 28.3 Å². The van der Waals surface area contributed by atoms with Gasteiger partial charge in [0.05, 0.1) is 5.60 Å². The van der Waals surface area contributed by atoms with Crippen molar-refractivity contribution in [1.82, 2.24) is 0 Å². The van der Waals surface area contributed by atoms with Crippen molar-refractivity contribution in [1.29, 1.82) is 0 Å². The summed E-state index contributed by atoms with van der Waals surface area (Å²) in [5.41, 5.74) is 1.05. The Morgan fingerprint density at radius 1 is 0.700 bits per heavy atom. The molecule has 2 nitrogen and oxygen atoms in total. The largest absolute Gasteiger partial charge is 0.415 e. The van der Waals surface area contributed by atoms with Gasteiger partial charge in [0.15, 0.2) is 16.6 Å². The highest BCUT2D eigenvalue weighted by Crippen LogP contribution is 2.69. The van der Waals surface area contributed by atoms with Crippen LogP contribution < -0.4 is 0 Å². The number of hydrogen-bond acceptors (Lipinski definition) is 2. The third-order valence-electron chi connectivity index (χ3n) is 10.2. The molecule has 4 rings (SSSR count). The van der Waals surface area contributed by atoms with Gasteiger partial charge in [-0.1, -0.05) is 13.8 Å². The summed E-state index contributed by atoms with van der Waals surface area (Å²) in [6, 6.07) is 0. The van der Waals surface area contributed by atoms with E-state index in [4.69, 9.17) is 8.85 Å². The Balaban J connectivity index is 1.52. The molecule has 0 aliphatic heterocycles. The molecule has 0 heterocycles. The minimum Gasteiger partial charge on any atom is -0.415 e. The molecule has 4 fully saturated rings. The summed E-state index contributed by atoms with van der Waals surface area (Å²) in [4.78, 5) is 0. The Labute approximate surface area is 189 Å². The van der Waals surface area contributed by atoms with Crippen molar-refractivity contribution in [2.24, 2.45) is 34.5 Å². The van der Waals surface area contributed by atoms with Crippen molar-refractivity contribution in [3.63, 3.8) is 0 Å². The molecule has 0 radical (unpaired) electrons. The third kappa shape index (κ3) is 3.94. The molecule has 0 aromatic heterocycles. The van der Waals surface area contributed by atoms with E-state index < -0.39 is 16.6 Å². The summed E-state index contributed by atoms with van der Waals surface area (Å²) in [5.74, 6) is 3.65. The van der Waals surface area contributed by atoms with Gasteiger partial charge < -0.3 is 8.85 Å². The minimum atomic E-state index is -1.54. The van der Waals surface area contributed by atoms with Crippen LogP contribution in [0.3, 0.4) is 0 Å². The topological polar surface area (TPSA) is 18.5 Å². The lowest BCUT2D eigenvalue weighted by atomic mass is 9.44. The molecular weight excluding hydrogens is 400 g/mol. The van der Waals surface area contributed by atoms with E-state index >= 15 is 0 Å². The molecule has 0 saturated heterocycles. The van der Waals surface area contributed by atoms with E-state index in [9.17, 15) is 0 Å². The first-order valence-corrected chi connectivity index (χ1v) is 19.9. The average molecular weight is 451 g/mol. The molecule has 0 bridgehead atoms. The van der Waals surface area contributed by atoms with Gasteiger partial charge in [-0.05, 0) is 138 Å². The quantitative estimate of drug-likeness (QED) is 0.406. The number of fused-ring (bicyclic) bond motifs is 5. The first-order chi connectivity index (χ1) is 13.7. The maximum absolute atomic E-state index is 6.96. The molecular formula is C26H50O2Si2. The van der Waals surface area contributed by atoms with E-state index in [1.54, 1.807) is 0 Å². The van der Waals surface area contributed by atoms with E-state index in [2.05, 4.69) is 60.1 Å². The first kappa shape index (κ1) is 23.5. The molecule has 0 N–H and O–H groups in total. The lowest BCUT2D eigenvalue weighted by Gasteiger charge is -2.62. The van der Waals surface area contributed by atoms with Gasteiger partial charge in [0.2, 0.25) is 0 Å². The average Bonchev–Trinajstić information content (AvgIpc) is 2.83. The lowest BCUT2D eigenvalue weighted by Crippen LogP contribution is -2.58. The molecule has 4 saturated carbocycles. The van der Waals surface area contributed by atoms with Gasteiger partial charge in [-0.25, -0.2) is 0 Å². The molecule has 0 amide bonds. The predicted octanol–water partition coefficient (Wildman–Crippen LogP) is 7.86. The molecule has 0 unspecified atom stereocenters. The summed E-state index contributed by atoms with van der Waals surface area (Å²) >= 11 is 0. The zero-order valence-corrected chi connectivity index (χ0v) is 23.6. The second kappa shape index (κ2) is 7.43. The Bertz CT molecular complexity index is 652. The maximum Gasteiger partial charge on any atom is 0.184 e. The second-order valence-electron chi connectivity index (χ2n) is 14.2. The van der Waals surface area contributed by atoms with Crippen LogP contribution in [0.1, 0.15) is 78.6 Å². The second-order valence-corrected chi connectivity index (χ2v) is 23.1. The van der Waals surface area contributed by atoms with Gasteiger partial charge in [0, 0.05) is 6.10 Å². The molecule has 174 valence electrons. The van der Waals surface area contributed by atoms with Crippen molar-refractivity contribution < 1.29 is 8.85 Å². The third-order valence-corrected chi connectivity index (χ3v) is 12.3. The zero-order chi connectivity index (χ0) is 22.2. The monoisotopic (exact) mass is 450 g/mol. The first-order valence-electron chi connectivity index (χ1n) is 13.0. The highest BCUT2D eigenvalue weighted by Gasteiger charge is 2.64. The van der Waals surface area contributed by atoms with Gasteiger partial charge in [-0.2, -0.15) is 0 Å². The summed E-state index contributed by atoms with van der Waals surface area (Å²) in [6.45, 7) is 22.0. The Morgan fingerprint density at radius 2 is 1.37 bits per heavy atom. The van der Waals surface area contributed by atoms with Crippen molar-refractivity contribution in [3.05, 3.63) is 0 Å². The van der Waals surface area contributed by atoms with Crippen LogP contribution in [0, 0.1) is 34.5 Å². The number of hydrogen-bond donors (Lipinski definition) is 0. The Morgan fingerprint density at radius 3 is 2.00 bits per heavy atom. The van der Waals surface area contributed by atoms with Crippen LogP contribution >= 0.6 is 0 Å².